The molecule has 0 aliphatic carbocycles. The fraction of sp³-hybridized carbons (Fsp3) is 0.300. The normalized spacial score (nSPS) is 11.1. The zero-order valence-corrected chi connectivity index (χ0v) is 16.1. The molecule has 3 aromatic rings. The highest BCUT2D eigenvalue weighted by molar-refractivity contribution is 7.98. The molecule has 0 spiro atoms. The molecule has 3 rings (SSSR count). The number of nitrogens with one attached hydrogen (secondary N) is 1. The Kier molecular flexibility index (Phi) is 5.52. The fourth-order valence-electron chi connectivity index (χ4n) is 2.68. The van der Waals surface area contributed by atoms with Crippen LogP contribution >= 0.6 is 11.8 Å². The van der Waals surface area contributed by atoms with Crippen LogP contribution in [0.4, 0.5) is 0 Å². The summed E-state index contributed by atoms with van der Waals surface area (Å²) < 4.78 is 10.6. The van der Waals surface area contributed by atoms with Crippen LogP contribution in [0.2, 0.25) is 0 Å². The van der Waals surface area contributed by atoms with Gasteiger partial charge in [0.25, 0.3) is 5.56 Å². The van der Waals surface area contributed by atoms with Crippen LogP contribution in [0, 0.1) is 0 Å². The molecular formula is C20H22N2O3S. The van der Waals surface area contributed by atoms with E-state index in [9.17, 15) is 4.79 Å². The molecule has 0 bridgehead atoms. The molecule has 6 heteroatoms. The Labute approximate surface area is 156 Å². The van der Waals surface area contributed by atoms with Crippen molar-refractivity contribution in [3.63, 3.8) is 0 Å². The molecule has 0 saturated heterocycles. The Balaban J connectivity index is 1.85. The zero-order chi connectivity index (χ0) is 18.7. The van der Waals surface area contributed by atoms with Gasteiger partial charge in [-0.05, 0) is 29.7 Å². The minimum atomic E-state index is -0.179. The van der Waals surface area contributed by atoms with Gasteiger partial charge in [0.15, 0.2) is 11.5 Å². The number of aromatic nitrogens is 2. The molecule has 0 aliphatic heterocycles. The summed E-state index contributed by atoms with van der Waals surface area (Å²) in [5.41, 5.74) is 1.73. The molecule has 0 atom stereocenters. The van der Waals surface area contributed by atoms with Crippen molar-refractivity contribution >= 4 is 22.7 Å². The molecular weight excluding hydrogens is 348 g/mol. The van der Waals surface area contributed by atoms with Crippen LogP contribution in [-0.2, 0) is 5.75 Å². The van der Waals surface area contributed by atoms with Gasteiger partial charge in [-0.25, -0.2) is 4.98 Å². The van der Waals surface area contributed by atoms with Crippen molar-refractivity contribution in [2.75, 3.05) is 14.2 Å². The van der Waals surface area contributed by atoms with Gasteiger partial charge >= 0.3 is 0 Å². The van der Waals surface area contributed by atoms with Gasteiger partial charge in [-0.2, -0.15) is 0 Å². The Hall–Kier alpha value is -2.47. The number of hydrogen-bond acceptors (Lipinski definition) is 5. The average molecular weight is 370 g/mol. The van der Waals surface area contributed by atoms with E-state index in [0.717, 1.165) is 4.90 Å². The summed E-state index contributed by atoms with van der Waals surface area (Å²) in [4.78, 5) is 21.0. The lowest BCUT2D eigenvalue weighted by atomic mass is 10.0. The summed E-state index contributed by atoms with van der Waals surface area (Å²) in [5.74, 6) is 2.80. The van der Waals surface area contributed by atoms with Crippen molar-refractivity contribution in [1.29, 1.82) is 0 Å². The van der Waals surface area contributed by atoms with E-state index in [4.69, 9.17) is 9.47 Å². The molecule has 0 aliphatic rings. The summed E-state index contributed by atoms with van der Waals surface area (Å²) in [6.07, 6.45) is 0. The van der Waals surface area contributed by atoms with E-state index in [1.54, 1.807) is 38.1 Å². The van der Waals surface area contributed by atoms with Gasteiger partial charge in [0.05, 0.1) is 30.9 Å². The first kappa shape index (κ1) is 18.3. The van der Waals surface area contributed by atoms with E-state index in [0.29, 0.717) is 39.9 Å². The van der Waals surface area contributed by atoms with Gasteiger partial charge in [-0.1, -0.05) is 26.0 Å². The van der Waals surface area contributed by atoms with Gasteiger partial charge in [-0.3, -0.25) is 4.79 Å². The first-order valence-corrected chi connectivity index (χ1v) is 9.38. The molecule has 0 unspecified atom stereocenters. The van der Waals surface area contributed by atoms with E-state index in [1.165, 1.54) is 5.56 Å². The standard InChI is InChI=1S/C20H22N2O3S/c1-12(2)13-5-7-14(8-6-13)26-11-19-21-16-10-18(25-4)17(24-3)9-15(16)20(23)22-19/h5-10,12H,11H2,1-4H3,(H,21,22,23). The highest BCUT2D eigenvalue weighted by Gasteiger charge is 2.11. The van der Waals surface area contributed by atoms with Crippen molar-refractivity contribution in [1.82, 2.24) is 9.97 Å². The number of hydrogen-bond donors (Lipinski definition) is 1. The minimum Gasteiger partial charge on any atom is -0.493 e. The molecule has 0 amide bonds. The van der Waals surface area contributed by atoms with Crippen molar-refractivity contribution in [2.45, 2.75) is 30.4 Å². The minimum absolute atomic E-state index is 0.179. The zero-order valence-electron chi connectivity index (χ0n) is 15.3. The molecule has 0 radical (unpaired) electrons. The number of methoxy groups -OCH3 is 2. The topological polar surface area (TPSA) is 64.2 Å². The summed E-state index contributed by atoms with van der Waals surface area (Å²) in [5, 5.41) is 0.484. The molecule has 1 N–H and O–H groups in total. The van der Waals surface area contributed by atoms with Crippen LogP contribution in [0.25, 0.3) is 10.9 Å². The lowest BCUT2D eigenvalue weighted by Gasteiger charge is -2.09. The van der Waals surface area contributed by atoms with E-state index in [1.807, 2.05) is 0 Å². The van der Waals surface area contributed by atoms with Crippen molar-refractivity contribution in [2.24, 2.45) is 0 Å². The molecule has 0 saturated carbocycles. The van der Waals surface area contributed by atoms with Crippen LogP contribution in [-0.4, -0.2) is 24.2 Å². The van der Waals surface area contributed by atoms with Gasteiger partial charge in [0.2, 0.25) is 0 Å². The van der Waals surface area contributed by atoms with E-state index in [-0.39, 0.29) is 5.56 Å². The lowest BCUT2D eigenvalue weighted by Crippen LogP contribution is -2.11. The first-order chi connectivity index (χ1) is 12.5. The first-order valence-electron chi connectivity index (χ1n) is 8.39. The molecule has 26 heavy (non-hydrogen) atoms. The fourth-order valence-corrected chi connectivity index (χ4v) is 3.45. The summed E-state index contributed by atoms with van der Waals surface area (Å²) in [6.45, 7) is 4.35. The molecule has 1 aromatic heterocycles. The van der Waals surface area contributed by atoms with Crippen LogP contribution in [0.5, 0.6) is 11.5 Å². The molecule has 1 heterocycles. The van der Waals surface area contributed by atoms with Gasteiger partial charge in [0.1, 0.15) is 5.82 Å². The number of benzene rings is 2. The predicted molar refractivity (Wildman–Crippen MR) is 106 cm³/mol. The van der Waals surface area contributed by atoms with Crippen molar-refractivity contribution < 1.29 is 9.47 Å². The van der Waals surface area contributed by atoms with Crippen LogP contribution in [0.3, 0.4) is 0 Å². The van der Waals surface area contributed by atoms with E-state index in [2.05, 4.69) is 48.1 Å². The number of ether oxygens (including phenoxy) is 2. The highest BCUT2D eigenvalue weighted by atomic mass is 32.2. The summed E-state index contributed by atoms with van der Waals surface area (Å²) in [6, 6.07) is 11.9. The highest BCUT2D eigenvalue weighted by Crippen LogP contribution is 2.30. The van der Waals surface area contributed by atoms with Gasteiger partial charge < -0.3 is 14.5 Å². The van der Waals surface area contributed by atoms with Gasteiger partial charge in [0, 0.05) is 11.0 Å². The molecule has 136 valence electrons. The van der Waals surface area contributed by atoms with E-state index >= 15 is 0 Å². The molecule has 0 fully saturated rings. The van der Waals surface area contributed by atoms with Gasteiger partial charge in [-0.15, -0.1) is 11.8 Å². The number of thioether (sulfide) groups is 1. The maximum absolute atomic E-state index is 12.4. The smallest absolute Gasteiger partial charge is 0.258 e. The monoisotopic (exact) mass is 370 g/mol. The van der Waals surface area contributed by atoms with Crippen LogP contribution in [0.1, 0.15) is 31.2 Å². The largest absolute Gasteiger partial charge is 0.493 e. The Morgan fingerprint density at radius 1 is 1.08 bits per heavy atom. The van der Waals surface area contributed by atoms with E-state index < -0.39 is 0 Å². The Bertz CT molecular complexity index is 965. The average Bonchev–Trinajstić information content (AvgIpc) is 2.65. The van der Waals surface area contributed by atoms with Crippen molar-refractivity contribution in [3.05, 3.63) is 58.1 Å². The quantitative estimate of drug-likeness (QED) is 0.653. The lowest BCUT2D eigenvalue weighted by molar-refractivity contribution is 0.355. The number of aromatic amines is 1. The Morgan fingerprint density at radius 3 is 2.35 bits per heavy atom. The predicted octanol–water partition coefficient (Wildman–Crippen LogP) is 4.36. The third kappa shape index (κ3) is 3.85. The second-order valence-corrected chi connectivity index (χ2v) is 7.30. The summed E-state index contributed by atoms with van der Waals surface area (Å²) in [7, 11) is 3.11. The maximum atomic E-state index is 12.4. The molecule has 2 aromatic carbocycles. The third-order valence-electron chi connectivity index (χ3n) is 4.18. The van der Waals surface area contributed by atoms with Crippen LogP contribution in [0.15, 0.2) is 46.1 Å². The third-order valence-corrected chi connectivity index (χ3v) is 5.21. The molecule has 5 nitrogen and oxygen atoms in total. The number of nitrogens with zero attached hydrogens (tertiary/aromatic N) is 1. The SMILES string of the molecule is COc1cc2nc(CSc3ccc(C(C)C)cc3)[nH]c(=O)c2cc1OC. The number of rotatable bonds is 6. The Morgan fingerprint density at radius 2 is 1.73 bits per heavy atom. The van der Waals surface area contributed by atoms with Crippen molar-refractivity contribution in [3.8, 4) is 11.5 Å². The second-order valence-electron chi connectivity index (χ2n) is 6.25. The second kappa shape index (κ2) is 7.83. The van der Waals surface area contributed by atoms with Crippen LogP contribution < -0.4 is 15.0 Å². The number of fused-ring (bicyclic) bond motifs is 1. The number of H-pyrrole nitrogens is 1. The summed E-state index contributed by atoms with van der Waals surface area (Å²) >= 11 is 1.64. The maximum Gasteiger partial charge on any atom is 0.258 e.